The summed E-state index contributed by atoms with van der Waals surface area (Å²) in [7, 11) is 1.64. The van der Waals surface area contributed by atoms with Crippen molar-refractivity contribution in [2.24, 2.45) is 5.92 Å². The molecule has 1 aromatic carbocycles. The summed E-state index contributed by atoms with van der Waals surface area (Å²) in [6, 6.07) is 7.65. The van der Waals surface area contributed by atoms with E-state index in [1.807, 2.05) is 24.3 Å². The highest BCUT2D eigenvalue weighted by molar-refractivity contribution is 5.73. The third kappa shape index (κ3) is 3.29. The van der Waals surface area contributed by atoms with Crippen LogP contribution in [0.2, 0.25) is 0 Å². The van der Waals surface area contributed by atoms with Crippen molar-refractivity contribution < 1.29 is 19.0 Å². The first-order chi connectivity index (χ1) is 10.3. The number of fused-ring (bicyclic) bond motifs is 2. The predicted octanol–water partition coefficient (Wildman–Crippen LogP) is 2.22. The number of anilines is 1. The van der Waals surface area contributed by atoms with E-state index in [4.69, 9.17) is 14.2 Å². The van der Waals surface area contributed by atoms with Gasteiger partial charge in [0.05, 0.1) is 25.2 Å². The van der Waals surface area contributed by atoms with E-state index in [1.54, 1.807) is 7.11 Å². The molecular weight excluding hydrogens is 270 g/mol. The van der Waals surface area contributed by atoms with Crippen molar-refractivity contribution in [3.05, 3.63) is 24.3 Å². The summed E-state index contributed by atoms with van der Waals surface area (Å²) in [5.74, 6) is 0.659. The molecule has 2 saturated heterocycles. The Bertz CT molecular complexity index is 488. The third-order valence-corrected chi connectivity index (χ3v) is 4.17. The minimum absolute atomic E-state index is 0.0512. The first kappa shape index (κ1) is 14.2. The molecule has 2 fully saturated rings. The molecule has 2 aliphatic rings. The lowest BCUT2D eigenvalue weighted by molar-refractivity contribution is -0.149. The van der Waals surface area contributed by atoms with E-state index in [-0.39, 0.29) is 24.1 Å². The Morgan fingerprint density at radius 2 is 2.14 bits per heavy atom. The van der Waals surface area contributed by atoms with E-state index in [0.717, 1.165) is 30.7 Å². The van der Waals surface area contributed by atoms with E-state index < -0.39 is 0 Å². The molecule has 0 aromatic heterocycles. The maximum absolute atomic E-state index is 12.0. The maximum atomic E-state index is 12.0. The Morgan fingerprint density at radius 1 is 1.33 bits per heavy atom. The van der Waals surface area contributed by atoms with Crippen molar-refractivity contribution in [1.29, 1.82) is 0 Å². The van der Waals surface area contributed by atoms with Gasteiger partial charge < -0.3 is 19.5 Å². The molecule has 2 aliphatic heterocycles. The van der Waals surface area contributed by atoms with Crippen LogP contribution >= 0.6 is 0 Å². The molecule has 0 radical (unpaired) electrons. The fourth-order valence-electron chi connectivity index (χ4n) is 3.05. The Morgan fingerprint density at radius 3 is 2.76 bits per heavy atom. The predicted molar refractivity (Wildman–Crippen MR) is 78.4 cm³/mol. The SMILES string of the molecule is COc1ccc(NCCOC(=O)C2CC3CCC2O3)cc1. The zero-order valence-corrected chi connectivity index (χ0v) is 12.2. The largest absolute Gasteiger partial charge is 0.497 e. The second-order valence-electron chi connectivity index (χ2n) is 5.54. The minimum atomic E-state index is -0.112. The summed E-state index contributed by atoms with van der Waals surface area (Å²) in [5.41, 5.74) is 0.982. The van der Waals surface area contributed by atoms with Gasteiger partial charge in [-0.2, -0.15) is 0 Å². The lowest BCUT2D eigenvalue weighted by Crippen LogP contribution is -2.28. The molecule has 0 spiro atoms. The molecule has 114 valence electrons. The van der Waals surface area contributed by atoms with Gasteiger partial charge >= 0.3 is 5.97 Å². The number of carbonyl (C=O) groups excluding carboxylic acids is 1. The summed E-state index contributed by atoms with van der Waals surface area (Å²) in [5, 5.41) is 3.21. The van der Waals surface area contributed by atoms with Gasteiger partial charge in [-0.15, -0.1) is 0 Å². The van der Waals surface area contributed by atoms with Crippen LogP contribution in [-0.2, 0) is 14.3 Å². The monoisotopic (exact) mass is 291 g/mol. The Labute approximate surface area is 124 Å². The molecule has 1 aromatic rings. The average molecular weight is 291 g/mol. The van der Waals surface area contributed by atoms with Gasteiger partial charge in [0.1, 0.15) is 12.4 Å². The molecule has 21 heavy (non-hydrogen) atoms. The normalized spacial score (nSPS) is 26.6. The number of hydrogen-bond acceptors (Lipinski definition) is 5. The van der Waals surface area contributed by atoms with E-state index >= 15 is 0 Å². The second-order valence-corrected chi connectivity index (χ2v) is 5.54. The van der Waals surface area contributed by atoms with Crippen LogP contribution in [0.15, 0.2) is 24.3 Å². The smallest absolute Gasteiger partial charge is 0.311 e. The van der Waals surface area contributed by atoms with Crippen molar-refractivity contribution in [2.45, 2.75) is 31.5 Å². The van der Waals surface area contributed by atoms with Crippen molar-refractivity contribution in [3.63, 3.8) is 0 Å². The molecule has 0 saturated carbocycles. The third-order valence-electron chi connectivity index (χ3n) is 4.17. The molecule has 5 nitrogen and oxygen atoms in total. The van der Waals surface area contributed by atoms with E-state index in [1.165, 1.54) is 0 Å². The Kier molecular flexibility index (Phi) is 4.29. The van der Waals surface area contributed by atoms with Crippen LogP contribution in [0.1, 0.15) is 19.3 Å². The Hall–Kier alpha value is -1.75. The highest BCUT2D eigenvalue weighted by Gasteiger charge is 2.45. The van der Waals surface area contributed by atoms with Crippen LogP contribution in [0.25, 0.3) is 0 Å². The number of methoxy groups -OCH3 is 1. The van der Waals surface area contributed by atoms with Crippen molar-refractivity contribution in [2.75, 3.05) is 25.6 Å². The molecule has 2 bridgehead atoms. The summed E-state index contributed by atoms with van der Waals surface area (Å²) >= 11 is 0. The molecule has 0 aliphatic carbocycles. The fourth-order valence-corrected chi connectivity index (χ4v) is 3.05. The van der Waals surface area contributed by atoms with Crippen LogP contribution < -0.4 is 10.1 Å². The van der Waals surface area contributed by atoms with E-state index in [9.17, 15) is 4.79 Å². The van der Waals surface area contributed by atoms with Gasteiger partial charge in [0.2, 0.25) is 0 Å². The summed E-state index contributed by atoms with van der Waals surface area (Å²) in [6.07, 6.45) is 3.29. The first-order valence-electron chi connectivity index (χ1n) is 7.46. The van der Waals surface area contributed by atoms with Crippen molar-refractivity contribution >= 4 is 11.7 Å². The van der Waals surface area contributed by atoms with Gasteiger partial charge in [-0.25, -0.2) is 0 Å². The zero-order chi connectivity index (χ0) is 14.7. The van der Waals surface area contributed by atoms with Crippen LogP contribution in [0.4, 0.5) is 5.69 Å². The topological polar surface area (TPSA) is 56.8 Å². The van der Waals surface area contributed by atoms with Gasteiger partial charge in [-0.1, -0.05) is 0 Å². The highest BCUT2D eigenvalue weighted by atomic mass is 16.5. The van der Waals surface area contributed by atoms with Crippen molar-refractivity contribution in [3.8, 4) is 5.75 Å². The fraction of sp³-hybridized carbons (Fsp3) is 0.562. The molecule has 2 heterocycles. The molecule has 0 amide bonds. The van der Waals surface area contributed by atoms with Gasteiger partial charge in [0, 0.05) is 12.2 Å². The number of esters is 1. The quantitative estimate of drug-likeness (QED) is 0.643. The lowest BCUT2D eigenvalue weighted by Gasteiger charge is -2.17. The Balaban J connectivity index is 1.37. The highest BCUT2D eigenvalue weighted by Crippen LogP contribution is 2.39. The van der Waals surface area contributed by atoms with Crippen LogP contribution in [0, 0.1) is 5.92 Å². The number of benzene rings is 1. The number of carbonyl (C=O) groups is 1. The number of ether oxygens (including phenoxy) is 3. The summed E-state index contributed by atoms with van der Waals surface area (Å²) in [4.78, 5) is 12.0. The first-order valence-corrected chi connectivity index (χ1v) is 7.46. The van der Waals surface area contributed by atoms with Gasteiger partial charge in [0.25, 0.3) is 0 Å². The van der Waals surface area contributed by atoms with Crippen LogP contribution in [-0.4, -0.2) is 38.4 Å². The van der Waals surface area contributed by atoms with E-state index in [0.29, 0.717) is 13.2 Å². The van der Waals surface area contributed by atoms with E-state index in [2.05, 4.69) is 5.32 Å². The molecule has 1 N–H and O–H groups in total. The van der Waals surface area contributed by atoms with Gasteiger partial charge in [0.15, 0.2) is 0 Å². The molecule has 5 heteroatoms. The molecule has 3 rings (SSSR count). The van der Waals surface area contributed by atoms with Gasteiger partial charge in [-0.05, 0) is 43.5 Å². The molecular formula is C16H21NO4. The zero-order valence-electron chi connectivity index (χ0n) is 12.2. The van der Waals surface area contributed by atoms with Crippen LogP contribution in [0.3, 0.4) is 0 Å². The molecule has 3 unspecified atom stereocenters. The summed E-state index contributed by atoms with van der Waals surface area (Å²) in [6.45, 7) is 0.971. The average Bonchev–Trinajstić information content (AvgIpc) is 3.15. The standard InChI is InChI=1S/C16H21NO4/c1-19-12-4-2-11(3-5-12)17-8-9-20-16(18)14-10-13-6-7-15(14)21-13/h2-5,13-15,17H,6-10H2,1H3. The second kappa shape index (κ2) is 6.35. The lowest BCUT2D eigenvalue weighted by atomic mass is 9.89. The van der Waals surface area contributed by atoms with Gasteiger partial charge in [-0.3, -0.25) is 4.79 Å². The minimum Gasteiger partial charge on any atom is -0.497 e. The number of rotatable bonds is 6. The summed E-state index contributed by atoms with van der Waals surface area (Å²) < 4.78 is 16.1. The molecule has 3 atom stereocenters. The maximum Gasteiger partial charge on any atom is 0.311 e. The van der Waals surface area contributed by atoms with Crippen LogP contribution in [0.5, 0.6) is 5.75 Å². The number of hydrogen-bond donors (Lipinski definition) is 1. The number of nitrogens with one attached hydrogen (secondary N) is 1. The van der Waals surface area contributed by atoms with Crippen molar-refractivity contribution in [1.82, 2.24) is 0 Å².